The zero-order chi connectivity index (χ0) is 12.4. The van der Waals surface area contributed by atoms with Gasteiger partial charge in [-0.3, -0.25) is 9.78 Å². The Bertz CT molecular complexity index is 414. The summed E-state index contributed by atoms with van der Waals surface area (Å²) in [5.74, 6) is 0.272. The van der Waals surface area contributed by atoms with Crippen molar-refractivity contribution in [2.24, 2.45) is 5.92 Å². The first kappa shape index (κ1) is 12.1. The van der Waals surface area contributed by atoms with Gasteiger partial charge in [-0.25, -0.2) is 0 Å². The molecule has 1 amide bonds. The molecule has 1 aromatic rings. The van der Waals surface area contributed by atoms with Crippen LogP contribution in [0, 0.1) is 5.92 Å². The molecule has 0 radical (unpaired) electrons. The molecule has 1 aliphatic rings. The molecule has 1 aliphatic carbocycles. The van der Waals surface area contributed by atoms with Gasteiger partial charge in [0.2, 0.25) is 5.91 Å². The van der Waals surface area contributed by atoms with Crippen LogP contribution in [0.2, 0.25) is 0 Å². The second-order valence-electron chi connectivity index (χ2n) is 5.09. The molecule has 0 saturated carbocycles. The van der Waals surface area contributed by atoms with E-state index in [0.717, 1.165) is 19.3 Å². The predicted octanol–water partition coefficient (Wildman–Crippen LogP) is 2.57. The summed E-state index contributed by atoms with van der Waals surface area (Å²) in [4.78, 5) is 18.1. The first-order valence-corrected chi connectivity index (χ1v) is 6.30. The Balaban J connectivity index is 2.26. The zero-order valence-electron chi connectivity index (χ0n) is 10.8. The SMILES string of the molecule is CC(C)C(=O)N(C)[C@@H]1CCCc2ccncc21. The highest BCUT2D eigenvalue weighted by Gasteiger charge is 2.27. The Morgan fingerprint density at radius 2 is 2.29 bits per heavy atom. The van der Waals surface area contributed by atoms with Crippen LogP contribution in [0.5, 0.6) is 0 Å². The zero-order valence-corrected chi connectivity index (χ0v) is 10.8. The maximum atomic E-state index is 12.1. The van der Waals surface area contributed by atoms with Crippen molar-refractivity contribution >= 4 is 5.91 Å². The van der Waals surface area contributed by atoms with Gasteiger partial charge in [-0.15, -0.1) is 0 Å². The van der Waals surface area contributed by atoms with Gasteiger partial charge in [0.15, 0.2) is 0 Å². The highest BCUT2D eigenvalue weighted by molar-refractivity contribution is 5.78. The van der Waals surface area contributed by atoms with Crippen molar-refractivity contribution in [2.45, 2.75) is 39.2 Å². The van der Waals surface area contributed by atoms with Crippen LogP contribution < -0.4 is 0 Å². The predicted molar refractivity (Wildman–Crippen MR) is 67.5 cm³/mol. The van der Waals surface area contributed by atoms with E-state index < -0.39 is 0 Å². The van der Waals surface area contributed by atoms with Crippen LogP contribution in [0.3, 0.4) is 0 Å². The minimum Gasteiger partial charge on any atom is -0.338 e. The maximum absolute atomic E-state index is 12.1. The molecule has 3 heteroatoms. The first-order valence-electron chi connectivity index (χ1n) is 6.30. The molecule has 0 spiro atoms. The summed E-state index contributed by atoms with van der Waals surface area (Å²) in [5.41, 5.74) is 2.58. The molecule has 1 aromatic heterocycles. The highest BCUT2D eigenvalue weighted by Crippen LogP contribution is 2.33. The summed E-state index contributed by atoms with van der Waals surface area (Å²) in [7, 11) is 1.91. The quantitative estimate of drug-likeness (QED) is 0.785. The van der Waals surface area contributed by atoms with E-state index in [9.17, 15) is 4.79 Å². The molecule has 17 heavy (non-hydrogen) atoms. The number of hydrogen-bond acceptors (Lipinski definition) is 2. The van der Waals surface area contributed by atoms with Gasteiger partial charge in [-0.05, 0) is 36.5 Å². The van der Waals surface area contributed by atoms with E-state index in [4.69, 9.17) is 0 Å². The molecule has 0 bridgehead atoms. The summed E-state index contributed by atoms with van der Waals surface area (Å²) in [6, 6.07) is 2.29. The van der Waals surface area contributed by atoms with Gasteiger partial charge in [0.25, 0.3) is 0 Å². The number of hydrogen-bond donors (Lipinski definition) is 0. The van der Waals surface area contributed by atoms with Crippen LogP contribution >= 0.6 is 0 Å². The summed E-state index contributed by atoms with van der Waals surface area (Å²) >= 11 is 0. The van der Waals surface area contributed by atoms with Gasteiger partial charge in [0.1, 0.15) is 0 Å². The summed E-state index contributed by atoms with van der Waals surface area (Å²) in [6.07, 6.45) is 7.07. The Hall–Kier alpha value is -1.38. The van der Waals surface area contributed by atoms with Crippen molar-refractivity contribution in [1.82, 2.24) is 9.88 Å². The molecule has 3 nitrogen and oxygen atoms in total. The minimum absolute atomic E-state index is 0.0575. The third-order valence-corrected chi connectivity index (χ3v) is 3.54. The molecule has 0 unspecified atom stereocenters. The minimum atomic E-state index is 0.0575. The number of carbonyl (C=O) groups is 1. The lowest BCUT2D eigenvalue weighted by atomic mass is 9.88. The van der Waals surface area contributed by atoms with Crippen LogP contribution in [0.15, 0.2) is 18.5 Å². The third-order valence-electron chi connectivity index (χ3n) is 3.54. The molecule has 0 saturated heterocycles. The number of aromatic nitrogens is 1. The van der Waals surface area contributed by atoms with Crippen LogP contribution in [0.25, 0.3) is 0 Å². The molecule has 0 aromatic carbocycles. The molecule has 92 valence electrons. The number of fused-ring (bicyclic) bond motifs is 1. The average molecular weight is 232 g/mol. The standard InChI is InChI=1S/C14H20N2O/c1-10(2)14(17)16(3)13-6-4-5-11-7-8-15-9-12(11)13/h7-10,13H,4-6H2,1-3H3/t13-/m1/s1. The maximum Gasteiger partial charge on any atom is 0.225 e. The largest absolute Gasteiger partial charge is 0.338 e. The van der Waals surface area contributed by atoms with Crippen LogP contribution in [-0.4, -0.2) is 22.8 Å². The number of carbonyl (C=O) groups excluding carboxylic acids is 1. The van der Waals surface area contributed by atoms with Gasteiger partial charge < -0.3 is 4.90 Å². The van der Waals surface area contributed by atoms with Crippen molar-refractivity contribution in [3.05, 3.63) is 29.6 Å². The van der Waals surface area contributed by atoms with Crippen molar-refractivity contribution in [3.8, 4) is 0 Å². The Labute approximate surface area is 103 Å². The van der Waals surface area contributed by atoms with Crippen molar-refractivity contribution < 1.29 is 4.79 Å². The molecular weight excluding hydrogens is 212 g/mol. The Morgan fingerprint density at radius 1 is 1.53 bits per heavy atom. The molecule has 1 heterocycles. The van der Waals surface area contributed by atoms with Gasteiger partial charge in [0.05, 0.1) is 6.04 Å². The monoisotopic (exact) mass is 232 g/mol. The van der Waals surface area contributed by atoms with Crippen molar-refractivity contribution in [1.29, 1.82) is 0 Å². The number of aryl methyl sites for hydroxylation is 1. The van der Waals surface area contributed by atoms with Gasteiger partial charge in [-0.2, -0.15) is 0 Å². The normalized spacial score (nSPS) is 18.9. The number of amides is 1. The lowest BCUT2D eigenvalue weighted by molar-refractivity contribution is -0.135. The highest BCUT2D eigenvalue weighted by atomic mass is 16.2. The Kier molecular flexibility index (Phi) is 3.46. The number of pyridine rings is 1. The van der Waals surface area contributed by atoms with Crippen molar-refractivity contribution in [3.63, 3.8) is 0 Å². The molecular formula is C14H20N2O. The van der Waals surface area contributed by atoms with Gasteiger partial charge >= 0.3 is 0 Å². The summed E-state index contributed by atoms with van der Waals surface area (Å²) in [5, 5.41) is 0. The fraction of sp³-hybridized carbons (Fsp3) is 0.571. The first-order chi connectivity index (χ1) is 8.11. The topological polar surface area (TPSA) is 33.2 Å². The van der Waals surface area contributed by atoms with Crippen molar-refractivity contribution in [2.75, 3.05) is 7.05 Å². The van der Waals surface area contributed by atoms with Crippen LogP contribution in [-0.2, 0) is 11.2 Å². The van der Waals surface area contributed by atoms with Gasteiger partial charge in [-0.1, -0.05) is 13.8 Å². The molecule has 0 aliphatic heterocycles. The van der Waals surface area contributed by atoms with E-state index in [-0.39, 0.29) is 17.9 Å². The Morgan fingerprint density at radius 3 is 3.00 bits per heavy atom. The second-order valence-corrected chi connectivity index (χ2v) is 5.09. The molecule has 2 rings (SSSR count). The number of rotatable bonds is 2. The van der Waals surface area contributed by atoms with Gasteiger partial charge in [0, 0.05) is 25.4 Å². The smallest absolute Gasteiger partial charge is 0.225 e. The van der Waals surface area contributed by atoms with Crippen LogP contribution in [0.1, 0.15) is 43.9 Å². The summed E-state index contributed by atoms with van der Waals surface area (Å²) in [6.45, 7) is 3.90. The van der Waals surface area contributed by atoms with Crippen LogP contribution in [0.4, 0.5) is 0 Å². The van der Waals surface area contributed by atoms with E-state index in [1.807, 2.05) is 38.2 Å². The average Bonchev–Trinajstić information content (AvgIpc) is 2.36. The molecule has 1 atom stereocenters. The second kappa shape index (κ2) is 4.86. The van der Waals surface area contributed by atoms with E-state index in [1.165, 1.54) is 11.1 Å². The number of nitrogens with zero attached hydrogens (tertiary/aromatic N) is 2. The molecule has 0 N–H and O–H groups in total. The lowest BCUT2D eigenvalue weighted by Crippen LogP contribution is -2.35. The summed E-state index contributed by atoms with van der Waals surface area (Å²) < 4.78 is 0. The van der Waals surface area contributed by atoms with E-state index in [0.29, 0.717) is 0 Å². The molecule has 0 fully saturated rings. The lowest BCUT2D eigenvalue weighted by Gasteiger charge is -2.33. The fourth-order valence-corrected chi connectivity index (χ4v) is 2.57. The van der Waals surface area contributed by atoms with E-state index >= 15 is 0 Å². The van der Waals surface area contributed by atoms with E-state index in [1.54, 1.807) is 0 Å². The van der Waals surface area contributed by atoms with E-state index in [2.05, 4.69) is 11.1 Å². The third kappa shape index (κ3) is 2.33. The fourth-order valence-electron chi connectivity index (χ4n) is 2.57.